The molecular formula is C26H32N4O2. The van der Waals surface area contributed by atoms with Crippen molar-refractivity contribution in [2.45, 2.75) is 37.0 Å². The minimum absolute atomic E-state index is 0.0820. The van der Waals surface area contributed by atoms with E-state index in [-0.39, 0.29) is 17.2 Å². The number of rotatable bonds is 3. The molecule has 2 aliphatic heterocycles. The molecule has 1 aromatic heterocycles. The molecule has 3 heterocycles. The fourth-order valence-electron chi connectivity index (χ4n) is 5.89. The monoisotopic (exact) mass is 432 g/mol. The molecule has 2 amide bonds. The van der Waals surface area contributed by atoms with Crippen LogP contribution in [0, 0.1) is 0 Å². The molecule has 6 nitrogen and oxygen atoms in total. The lowest BCUT2D eigenvalue weighted by Gasteiger charge is -2.40. The second-order valence-corrected chi connectivity index (χ2v) is 9.68. The minimum Gasteiger partial charge on any atom is -0.340 e. The van der Waals surface area contributed by atoms with Gasteiger partial charge in [-0.3, -0.25) is 14.6 Å². The fraction of sp³-hybridized carbons (Fsp3) is 0.500. The average molecular weight is 433 g/mol. The van der Waals surface area contributed by atoms with Crippen LogP contribution in [0.15, 0.2) is 48.8 Å². The lowest BCUT2D eigenvalue weighted by atomic mass is 9.73. The summed E-state index contributed by atoms with van der Waals surface area (Å²) in [6, 6.07) is 12.3. The highest BCUT2D eigenvalue weighted by molar-refractivity contribution is 5.94. The summed E-state index contributed by atoms with van der Waals surface area (Å²) in [6.45, 7) is 5.10. The molecule has 5 rings (SSSR count). The van der Waals surface area contributed by atoms with Crippen molar-refractivity contribution in [1.29, 1.82) is 0 Å². The van der Waals surface area contributed by atoms with Gasteiger partial charge in [-0.25, -0.2) is 0 Å². The topological polar surface area (TPSA) is 56.8 Å². The van der Waals surface area contributed by atoms with Crippen LogP contribution in [0.2, 0.25) is 0 Å². The number of piperidine rings is 1. The first kappa shape index (κ1) is 21.1. The summed E-state index contributed by atoms with van der Waals surface area (Å²) in [6.07, 6.45) is 6.88. The first-order chi connectivity index (χ1) is 15.6. The number of likely N-dealkylation sites (N-methyl/N-ethyl adjacent to an activating group) is 1. The molecule has 6 heteroatoms. The Balaban J connectivity index is 1.29. The van der Waals surface area contributed by atoms with Crippen LogP contribution in [0.1, 0.15) is 53.1 Å². The summed E-state index contributed by atoms with van der Waals surface area (Å²) in [7, 11) is 2.12. The molecule has 0 radical (unpaired) electrons. The summed E-state index contributed by atoms with van der Waals surface area (Å²) >= 11 is 0. The molecule has 1 aliphatic carbocycles. The molecule has 3 aliphatic rings. The van der Waals surface area contributed by atoms with Gasteiger partial charge in [-0.15, -0.1) is 0 Å². The van der Waals surface area contributed by atoms with Crippen molar-refractivity contribution >= 4 is 11.8 Å². The maximum Gasteiger partial charge on any atom is 0.253 e. The SMILES string of the molecule is CN1CCN(C(=O)C[C@H]2CC3(CCN(C(=O)c4ccncc4)CC3)c3ccccc32)CC1. The quantitative estimate of drug-likeness (QED) is 0.748. The number of hydrogen-bond donors (Lipinski definition) is 0. The molecule has 32 heavy (non-hydrogen) atoms. The Hall–Kier alpha value is -2.73. The van der Waals surface area contributed by atoms with Crippen LogP contribution in [0.3, 0.4) is 0 Å². The first-order valence-corrected chi connectivity index (χ1v) is 11.8. The third-order valence-corrected chi connectivity index (χ3v) is 7.82. The van der Waals surface area contributed by atoms with E-state index in [4.69, 9.17) is 0 Å². The predicted molar refractivity (Wildman–Crippen MR) is 124 cm³/mol. The summed E-state index contributed by atoms with van der Waals surface area (Å²) in [5.41, 5.74) is 3.55. The molecule has 2 saturated heterocycles. The van der Waals surface area contributed by atoms with Crippen molar-refractivity contribution in [3.63, 3.8) is 0 Å². The van der Waals surface area contributed by atoms with Gasteiger partial charge in [0.1, 0.15) is 0 Å². The molecule has 0 saturated carbocycles. The van der Waals surface area contributed by atoms with Crippen molar-refractivity contribution in [3.8, 4) is 0 Å². The van der Waals surface area contributed by atoms with Crippen LogP contribution in [0.4, 0.5) is 0 Å². The number of likely N-dealkylation sites (tertiary alicyclic amines) is 1. The van der Waals surface area contributed by atoms with E-state index in [1.807, 2.05) is 9.80 Å². The molecule has 1 atom stereocenters. The third-order valence-electron chi connectivity index (χ3n) is 7.82. The standard InChI is InChI=1S/C26H32N4O2/c1-28-14-16-29(17-15-28)24(31)18-21-19-26(23-5-3-2-4-22(21)23)8-12-30(13-9-26)25(32)20-6-10-27-11-7-20/h2-7,10-11,21H,8-9,12-19H2,1H3/t21-/m0/s1. The van der Waals surface area contributed by atoms with E-state index in [0.29, 0.717) is 17.9 Å². The van der Waals surface area contributed by atoms with E-state index in [9.17, 15) is 9.59 Å². The number of fused-ring (bicyclic) bond motifs is 2. The molecule has 2 aromatic rings. The van der Waals surface area contributed by atoms with Crippen LogP contribution < -0.4 is 0 Å². The normalized spacial score (nSPS) is 22.7. The molecule has 0 N–H and O–H groups in total. The number of carbonyl (C=O) groups is 2. The van der Waals surface area contributed by atoms with E-state index in [2.05, 4.69) is 41.2 Å². The summed E-state index contributed by atoms with van der Waals surface area (Å²) in [4.78, 5) is 36.3. The van der Waals surface area contributed by atoms with Crippen LogP contribution in [-0.2, 0) is 10.2 Å². The summed E-state index contributed by atoms with van der Waals surface area (Å²) < 4.78 is 0. The van der Waals surface area contributed by atoms with Gasteiger partial charge in [-0.1, -0.05) is 24.3 Å². The Labute approximate surface area is 190 Å². The number of hydrogen-bond acceptors (Lipinski definition) is 4. The van der Waals surface area contributed by atoms with Crippen LogP contribution in [0.5, 0.6) is 0 Å². The van der Waals surface area contributed by atoms with E-state index < -0.39 is 0 Å². The zero-order chi connectivity index (χ0) is 22.1. The highest BCUT2D eigenvalue weighted by atomic mass is 16.2. The number of benzene rings is 1. The molecule has 0 bridgehead atoms. The zero-order valence-electron chi connectivity index (χ0n) is 18.9. The Bertz CT molecular complexity index is 976. The average Bonchev–Trinajstić information content (AvgIpc) is 3.13. The molecule has 168 valence electrons. The van der Waals surface area contributed by atoms with Gasteiger partial charge in [0.15, 0.2) is 0 Å². The van der Waals surface area contributed by atoms with Crippen molar-refractivity contribution in [2.75, 3.05) is 46.3 Å². The Kier molecular flexibility index (Phi) is 5.72. The van der Waals surface area contributed by atoms with E-state index in [1.165, 1.54) is 11.1 Å². The van der Waals surface area contributed by atoms with E-state index in [1.54, 1.807) is 24.5 Å². The van der Waals surface area contributed by atoms with Gasteiger partial charge in [-0.05, 0) is 60.9 Å². The Morgan fingerprint density at radius 3 is 2.34 bits per heavy atom. The van der Waals surface area contributed by atoms with Crippen LogP contribution >= 0.6 is 0 Å². The number of amides is 2. The lowest BCUT2D eigenvalue weighted by molar-refractivity contribution is -0.133. The van der Waals surface area contributed by atoms with Crippen molar-refractivity contribution in [1.82, 2.24) is 19.7 Å². The fourth-order valence-corrected chi connectivity index (χ4v) is 5.89. The molecule has 0 unspecified atom stereocenters. The smallest absolute Gasteiger partial charge is 0.253 e. The van der Waals surface area contributed by atoms with E-state index in [0.717, 1.165) is 58.5 Å². The van der Waals surface area contributed by atoms with Gasteiger partial charge < -0.3 is 14.7 Å². The van der Waals surface area contributed by atoms with Gasteiger partial charge in [-0.2, -0.15) is 0 Å². The molecule has 2 fully saturated rings. The lowest BCUT2D eigenvalue weighted by Crippen LogP contribution is -2.47. The molecule has 1 aromatic carbocycles. The van der Waals surface area contributed by atoms with Crippen molar-refractivity contribution < 1.29 is 9.59 Å². The Morgan fingerprint density at radius 2 is 1.62 bits per heavy atom. The summed E-state index contributed by atoms with van der Waals surface area (Å²) in [5.74, 6) is 0.663. The highest BCUT2D eigenvalue weighted by Gasteiger charge is 2.46. The minimum atomic E-state index is 0.0820. The number of carbonyl (C=O) groups excluding carboxylic acids is 2. The maximum atomic E-state index is 13.1. The second kappa shape index (κ2) is 8.66. The predicted octanol–water partition coefficient (Wildman–Crippen LogP) is 2.91. The highest BCUT2D eigenvalue weighted by Crippen LogP contribution is 2.52. The Morgan fingerprint density at radius 1 is 0.938 bits per heavy atom. The number of nitrogens with zero attached hydrogens (tertiary/aromatic N) is 4. The largest absolute Gasteiger partial charge is 0.340 e. The number of pyridine rings is 1. The zero-order valence-corrected chi connectivity index (χ0v) is 18.9. The molecular weight excluding hydrogens is 400 g/mol. The maximum absolute atomic E-state index is 13.1. The van der Waals surface area contributed by atoms with Crippen LogP contribution in [0.25, 0.3) is 0 Å². The number of piperazine rings is 1. The second-order valence-electron chi connectivity index (χ2n) is 9.68. The molecule has 1 spiro atoms. The van der Waals surface area contributed by atoms with Crippen LogP contribution in [-0.4, -0.2) is 77.8 Å². The summed E-state index contributed by atoms with van der Waals surface area (Å²) in [5, 5.41) is 0. The van der Waals surface area contributed by atoms with Gasteiger partial charge in [0.05, 0.1) is 0 Å². The van der Waals surface area contributed by atoms with Gasteiger partial charge in [0.2, 0.25) is 5.91 Å². The third kappa shape index (κ3) is 3.92. The van der Waals surface area contributed by atoms with Gasteiger partial charge in [0, 0.05) is 63.6 Å². The van der Waals surface area contributed by atoms with Gasteiger partial charge >= 0.3 is 0 Å². The first-order valence-electron chi connectivity index (χ1n) is 11.8. The van der Waals surface area contributed by atoms with E-state index >= 15 is 0 Å². The van der Waals surface area contributed by atoms with Crippen molar-refractivity contribution in [2.24, 2.45) is 0 Å². The number of aromatic nitrogens is 1. The van der Waals surface area contributed by atoms with Gasteiger partial charge in [0.25, 0.3) is 5.91 Å². The van der Waals surface area contributed by atoms with Crippen molar-refractivity contribution in [3.05, 3.63) is 65.5 Å².